The Bertz CT molecular complexity index is 418. The van der Waals surface area contributed by atoms with Crippen molar-refractivity contribution in [1.29, 1.82) is 0 Å². The molecule has 0 heteroatoms. The molecule has 2 saturated carbocycles. The Morgan fingerprint density at radius 1 is 1.13 bits per heavy atom. The topological polar surface area (TPSA) is 0 Å². The highest BCUT2D eigenvalue weighted by Gasteiger charge is 2.55. The second-order valence-corrected chi connectivity index (χ2v) is 5.66. The van der Waals surface area contributed by atoms with Gasteiger partial charge in [-0.05, 0) is 66.0 Å². The minimum Gasteiger partial charge on any atom is -0.0617 e. The predicted octanol–water partition coefficient (Wildman–Crippen LogP) is 3.86. The van der Waals surface area contributed by atoms with Crippen LogP contribution in [0.15, 0.2) is 18.2 Å². The summed E-state index contributed by atoms with van der Waals surface area (Å²) in [6.07, 6.45) is 5.79. The summed E-state index contributed by atoms with van der Waals surface area (Å²) in [6.45, 7) is 2.30. The second kappa shape index (κ2) is 2.66. The van der Waals surface area contributed by atoms with E-state index < -0.39 is 0 Å². The third kappa shape index (κ3) is 0.851. The van der Waals surface area contributed by atoms with Gasteiger partial charge in [-0.1, -0.05) is 25.1 Å². The third-order valence-electron chi connectivity index (χ3n) is 5.22. The smallest absolute Gasteiger partial charge is 0.00563 e. The molecule has 1 aromatic carbocycles. The van der Waals surface area contributed by atoms with Gasteiger partial charge in [0.2, 0.25) is 0 Å². The van der Waals surface area contributed by atoms with Gasteiger partial charge >= 0.3 is 0 Å². The molecule has 0 N–H and O–H groups in total. The highest BCUT2D eigenvalue weighted by atomic mass is 14.6. The standard InChI is InChI=1S/C15H18/c1-2-9-4-3-5-12-13(9)15-11-7-6-10(8-11)14(12)15/h3-5,10-11,14-15H,2,6-8H2,1H3/t10-,11+,14-,15+/m1/s1. The summed E-state index contributed by atoms with van der Waals surface area (Å²) >= 11 is 0. The van der Waals surface area contributed by atoms with Gasteiger partial charge in [0.1, 0.15) is 0 Å². The second-order valence-electron chi connectivity index (χ2n) is 5.66. The van der Waals surface area contributed by atoms with E-state index in [-0.39, 0.29) is 0 Å². The Hall–Kier alpha value is -0.780. The quantitative estimate of drug-likeness (QED) is 0.642. The molecule has 4 rings (SSSR count). The van der Waals surface area contributed by atoms with Gasteiger partial charge in [0, 0.05) is 0 Å². The van der Waals surface area contributed by atoms with Crippen LogP contribution in [0.1, 0.15) is 54.7 Å². The van der Waals surface area contributed by atoms with Crippen molar-refractivity contribution >= 4 is 0 Å². The van der Waals surface area contributed by atoms with Crippen LogP contribution in [0, 0.1) is 11.8 Å². The molecule has 2 bridgehead atoms. The molecule has 0 amide bonds. The zero-order chi connectivity index (χ0) is 9.99. The molecule has 15 heavy (non-hydrogen) atoms. The first kappa shape index (κ1) is 8.38. The SMILES string of the molecule is CCc1cccc2c1[C@@H]1[C@H]3CC[C@H](C3)[C@H]21. The van der Waals surface area contributed by atoms with Crippen molar-refractivity contribution in [2.24, 2.45) is 11.8 Å². The van der Waals surface area contributed by atoms with Crippen molar-refractivity contribution in [3.8, 4) is 0 Å². The number of hydrogen-bond acceptors (Lipinski definition) is 0. The van der Waals surface area contributed by atoms with Crippen LogP contribution < -0.4 is 0 Å². The van der Waals surface area contributed by atoms with E-state index >= 15 is 0 Å². The van der Waals surface area contributed by atoms with Crippen LogP contribution in [-0.2, 0) is 6.42 Å². The van der Waals surface area contributed by atoms with Crippen LogP contribution in [0.5, 0.6) is 0 Å². The number of fused-ring (bicyclic) bond motifs is 8. The fourth-order valence-corrected chi connectivity index (χ4v) is 4.70. The first-order chi connectivity index (χ1) is 7.40. The van der Waals surface area contributed by atoms with Crippen molar-refractivity contribution in [3.05, 3.63) is 34.9 Å². The molecule has 1 aromatic rings. The molecule has 0 aliphatic heterocycles. The van der Waals surface area contributed by atoms with E-state index in [0.29, 0.717) is 0 Å². The maximum Gasteiger partial charge on any atom is -0.00563 e. The highest BCUT2D eigenvalue weighted by Crippen LogP contribution is 2.68. The van der Waals surface area contributed by atoms with Crippen LogP contribution in [-0.4, -0.2) is 0 Å². The van der Waals surface area contributed by atoms with Gasteiger partial charge in [0.25, 0.3) is 0 Å². The molecule has 0 nitrogen and oxygen atoms in total. The van der Waals surface area contributed by atoms with Crippen molar-refractivity contribution in [2.75, 3.05) is 0 Å². The zero-order valence-corrected chi connectivity index (χ0v) is 9.37. The largest absolute Gasteiger partial charge is 0.0617 e. The first-order valence-corrected chi connectivity index (χ1v) is 6.52. The maximum absolute atomic E-state index is 2.40. The van der Waals surface area contributed by atoms with Crippen LogP contribution >= 0.6 is 0 Å². The predicted molar refractivity (Wildman–Crippen MR) is 62.1 cm³/mol. The molecule has 0 aromatic heterocycles. The monoisotopic (exact) mass is 198 g/mol. The van der Waals surface area contributed by atoms with E-state index in [9.17, 15) is 0 Å². The molecule has 3 aliphatic rings. The molecule has 3 aliphatic carbocycles. The number of rotatable bonds is 1. The molecule has 0 radical (unpaired) electrons. The van der Waals surface area contributed by atoms with E-state index in [4.69, 9.17) is 0 Å². The van der Waals surface area contributed by atoms with Gasteiger partial charge < -0.3 is 0 Å². The van der Waals surface area contributed by atoms with Gasteiger partial charge in [0.05, 0.1) is 0 Å². The lowest BCUT2D eigenvalue weighted by Crippen LogP contribution is -2.30. The Balaban J connectivity index is 1.87. The number of aryl methyl sites for hydroxylation is 1. The van der Waals surface area contributed by atoms with Gasteiger partial charge in [0.15, 0.2) is 0 Å². The molecule has 2 fully saturated rings. The van der Waals surface area contributed by atoms with E-state index in [1.54, 1.807) is 16.7 Å². The summed E-state index contributed by atoms with van der Waals surface area (Å²) in [6, 6.07) is 7.03. The lowest BCUT2D eigenvalue weighted by molar-refractivity contribution is 0.321. The van der Waals surface area contributed by atoms with Gasteiger partial charge in [-0.15, -0.1) is 0 Å². The number of hydrogen-bond donors (Lipinski definition) is 0. The molecule has 0 unspecified atom stereocenters. The summed E-state index contributed by atoms with van der Waals surface area (Å²) in [7, 11) is 0. The molecule has 0 saturated heterocycles. The fourth-order valence-electron chi connectivity index (χ4n) is 4.70. The molecule has 4 atom stereocenters. The van der Waals surface area contributed by atoms with Gasteiger partial charge in [-0.25, -0.2) is 0 Å². The van der Waals surface area contributed by atoms with Crippen molar-refractivity contribution < 1.29 is 0 Å². The van der Waals surface area contributed by atoms with Crippen LogP contribution in [0.4, 0.5) is 0 Å². The average Bonchev–Trinajstić information content (AvgIpc) is 2.80. The van der Waals surface area contributed by atoms with E-state index in [1.165, 1.54) is 25.7 Å². The molecule has 78 valence electrons. The summed E-state index contributed by atoms with van der Waals surface area (Å²) in [5, 5.41) is 0. The van der Waals surface area contributed by atoms with Crippen LogP contribution in [0.25, 0.3) is 0 Å². The van der Waals surface area contributed by atoms with Crippen molar-refractivity contribution in [3.63, 3.8) is 0 Å². The normalized spacial score (nSPS) is 39.8. The summed E-state index contributed by atoms with van der Waals surface area (Å²) in [5.41, 5.74) is 5.14. The Morgan fingerprint density at radius 3 is 2.73 bits per heavy atom. The number of benzene rings is 1. The van der Waals surface area contributed by atoms with Crippen molar-refractivity contribution in [2.45, 2.75) is 44.4 Å². The van der Waals surface area contributed by atoms with E-state index in [1.807, 2.05) is 0 Å². The first-order valence-electron chi connectivity index (χ1n) is 6.52. The average molecular weight is 198 g/mol. The summed E-state index contributed by atoms with van der Waals surface area (Å²) in [5.74, 6) is 4.07. The molecule has 0 heterocycles. The minimum atomic E-state index is 0.977. The van der Waals surface area contributed by atoms with E-state index in [0.717, 1.165) is 23.7 Å². The maximum atomic E-state index is 2.40. The Morgan fingerprint density at radius 2 is 1.93 bits per heavy atom. The minimum absolute atomic E-state index is 0.977. The van der Waals surface area contributed by atoms with Gasteiger partial charge in [-0.2, -0.15) is 0 Å². The molecular weight excluding hydrogens is 180 g/mol. The highest BCUT2D eigenvalue weighted by molar-refractivity contribution is 5.53. The van der Waals surface area contributed by atoms with Crippen LogP contribution in [0.3, 0.4) is 0 Å². The molecule has 0 spiro atoms. The Kier molecular flexibility index (Phi) is 1.49. The zero-order valence-electron chi connectivity index (χ0n) is 9.37. The lowest BCUT2D eigenvalue weighted by atomic mass is 9.60. The van der Waals surface area contributed by atoms with E-state index in [2.05, 4.69) is 25.1 Å². The fraction of sp³-hybridized carbons (Fsp3) is 0.600. The molecular formula is C15H18. The lowest BCUT2D eigenvalue weighted by Gasteiger charge is -2.44. The van der Waals surface area contributed by atoms with Crippen LogP contribution in [0.2, 0.25) is 0 Å². The van der Waals surface area contributed by atoms with Gasteiger partial charge in [-0.3, -0.25) is 0 Å². The third-order valence-corrected chi connectivity index (χ3v) is 5.22. The Labute approximate surface area is 91.7 Å². The van der Waals surface area contributed by atoms with Crippen molar-refractivity contribution in [1.82, 2.24) is 0 Å². The summed E-state index contributed by atoms with van der Waals surface area (Å²) < 4.78 is 0. The summed E-state index contributed by atoms with van der Waals surface area (Å²) in [4.78, 5) is 0.